The van der Waals surface area contributed by atoms with Crippen molar-refractivity contribution in [2.45, 2.75) is 37.6 Å². The first kappa shape index (κ1) is 10.6. The molecule has 1 aliphatic carbocycles. The van der Waals surface area contributed by atoms with E-state index < -0.39 is 5.92 Å². The molecule has 13 heavy (non-hydrogen) atoms. The fourth-order valence-electron chi connectivity index (χ4n) is 2.06. The van der Waals surface area contributed by atoms with E-state index in [9.17, 15) is 8.78 Å². The third kappa shape index (κ3) is 2.76. The fraction of sp³-hybridized carbons (Fsp3) is 0.800. The Labute approximate surface area is 78.2 Å². The molecule has 1 nitrogen and oxygen atoms in total. The van der Waals surface area contributed by atoms with Gasteiger partial charge in [-0.3, -0.25) is 0 Å². The zero-order chi connectivity index (χ0) is 9.90. The Kier molecular flexibility index (Phi) is 3.42. The van der Waals surface area contributed by atoms with Gasteiger partial charge in [0, 0.05) is 18.9 Å². The van der Waals surface area contributed by atoms with E-state index in [1.165, 1.54) is 0 Å². The van der Waals surface area contributed by atoms with Crippen molar-refractivity contribution in [3.05, 3.63) is 12.7 Å². The van der Waals surface area contributed by atoms with Gasteiger partial charge in [0.05, 0.1) is 0 Å². The molecule has 76 valence electrons. The van der Waals surface area contributed by atoms with Crippen molar-refractivity contribution in [1.29, 1.82) is 0 Å². The summed E-state index contributed by atoms with van der Waals surface area (Å²) in [6, 6.07) is 0.0335. The molecule has 1 aliphatic rings. The van der Waals surface area contributed by atoms with E-state index >= 15 is 0 Å². The highest BCUT2D eigenvalue weighted by molar-refractivity contribution is 4.94. The second-order valence-corrected chi connectivity index (χ2v) is 3.76. The van der Waals surface area contributed by atoms with Crippen LogP contribution in [0.25, 0.3) is 0 Å². The van der Waals surface area contributed by atoms with Crippen molar-refractivity contribution in [1.82, 2.24) is 5.32 Å². The largest absolute Gasteiger partial charge is 0.313 e. The first-order chi connectivity index (χ1) is 6.09. The predicted octanol–water partition coefficient (Wildman–Crippen LogP) is 2.59. The zero-order valence-electron chi connectivity index (χ0n) is 8.02. The molecule has 0 saturated heterocycles. The Morgan fingerprint density at radius 1 is 1.62 bits per heavy atom. The number of hydrogen-bond donors (Lipinski definition) is 1. The fourth-order valence-corrected chi connectivity index (χ4v) is 2.06. The van der Waals surface area contributed by atoms with Gasteiger partial charge in [-0.1, -0.05) is 6.08 Å². The molecule has 3 heteroatoms. The van der Waals surface area contributed by atoms with Crippen molar-refractivity contribution >= 4 is 0 Å². The molecule has 0 spiro atoms. The predicted molar refractivity (Wildman–Crippen MR) is 49.9 cm³/mol. The molecule has 1 fully saturated rings. The molecule has 0 aliphatic heterocycles. The Hall–Kier alpha value is -0.440. The van der Waals surface area contributed by atoms with Crippen LogP contribution in [0, 0.1) is 5.92 Å². The molecular formula is C10H17F2N. The topological polar surface area (TPSA) is 12.0 Å². The molecule has 1 N–H and O–H groups in total. The minimum absolute atomic E-state index is 0.00449. The molecule has 1 saturated carbocycles. The number of nitrogens with one attached hydrogen (secondary N) is 1. The first-order valence-corrected chi connectivity index (χ1v) is 4.77. The average molecular weight is 189 g/mol. The minimum Gasteiger partial charge on any atom is -0.313 e. The van der Waals surface area contributed by atoms with Crippen molar-refractivity contribution in [2.24, 2.45) is 5.92 Å². The van der Waals surface area contributed by atoms with Gasteiger partial charge in [-0.05, 0) is 25.8 Å². The summed E-state index contributed by atoms with van der Waals surface area (Å²) in [5.41, 5.74) is 0. The number of hydrogen-bond acceptors (Lipinski definition) is 1. The van der Waals surface area contributed by atoms with Crippen molar-refractivity contribution in [3.63, 3.8) is 0 Å². The van der Waals surface area contributed by atoms with Gasteiger partial charge in [-0.15, -0.1) is 6.58 Å². The molecule has 0 amide bonds. The molecule has 2 atom stereocenters. The van der Waals surface area contributed by atoms with E-state index in [0.717, 1.165) is 6.42 Å². The van der Waals surface area contributed by atoms with Gasteiger partial charge in [0.1, 0.15) is 0 Å². The van der Waals surface area contributed by atoms with E-state index in [4.69, 9.17) is 0 Å². The SMILES string of the molecule is C=CC(NC)C1CCCC(F)(F)C1. The Bertz CT molecular complexity index is 180. The average Bonchev–Trinajstić information content (AvgIpc) is 2.05. The summed E-state index contributed by atoms with van der Waals surface area (Å²) in [5.74, 6) is -2.41. The van der Waals surface area contributed by atoms with Crippen LogP contribution in [0.15, 0.2) is 12.7 Å². The summed E-state index contributed by atoms with van der Waals surface area (Å²) in [5, 5.41) is 3.01. The van der Waals surface area contributed by atoms with Gasteiger partial charge in [0.2, 0.25) is 5.92 Å². The lowest BCUT2D eigenvalue weighted by molar-refractivity contribution is -0.0553. The normalized spacial score (nSPS) is 29.6. The van der Waals surface area contributed by atoms with E-state index in [2.05, 4.69) is 11.9 Å². The highest BCUT2D eigenvalue weighted by Gasteiger charge is 2.38. The van der Waals surface area contributed by atoms with Gasteiger partial charge in [-0.25, -0.2) is 8.78 Å². The molecule has 1 rings (SSSR count). The van der Waals surface area contributed by atoms with E-state index in [1.54, 1.807) is 13.1 Å². The van der Waals surface area contributed by atoms with Crippen LogP contribution in [0.3, 0.4) is 0 Å². The van der Waals surface area contributed by atoms with Crippen LogP contribution in [0.2, 0.25) is 0 Å². The summed E-state index contributed by atoms with van der Waals surface area (Å²) in [4.78, 5) is 0. The Balaban J connectivity index is 2.55. The van der Waals surface area contributed by atoms with Crippen molar-refractivity contribution in [2.75, 3.05) is 7.05 Å². The van der Waals surface area contributed by atoms with E-state index in [0.29, 0.717) is 6.42 Å². The van der Waals surface area contributed by atoms with Crippen LogP contribution in [0.4, 0.5) is 8.78 Å². The maximum absolute atomic E-state index is 13.0. The summed E-state index contributed by atoms with van der Waals surface area (Å²) in [6.07, 6.45) is 3.30. The van der Waals surface area contributed by atoms with Gasteiger partial charge >= 0.3 is 0 Å². The molecule has 0 aromatic carbocycles. The van der Waals surface area contributed by atoms with Crippen LogP contribution in [0.5, 0.6) is 0 Å². The molecule has 0 heterocycles. The van der Waals surface area contributed by atoms with Gasteiger partial charge in [0.15, 0.2) is 0 Å². The Morgan fingerprint density at radius 3 is 2.77 bits per heavy atom. The van der Waals surface area contributed by atoms with E-state index in [-0.39, 0.29) is 24.8 Å². The van der Waals surface area contributed by atoms with Gasteiger partial charge in [-0.2, -0.15) is 0 Å². The number of alkyl halides is 2. The summed E-state index contributed by atoms with van der Waals surface area (Å²) in [6.45, 7) is 3.65. The quantitative estimate of drug-likeness (QED) is 0.673. The van der Waals surface area contributed by atoms with Crippen molar-refractivity contribution < 1.29 is 8.78 Å². The third-order valence-corrected chi connectivity index (χ3v) is 2.77. The molecule has 0 aromatic heterocycles. The van der Waals surface area contributed by atoms with Crippen LogP contribution in [-0.4, -0.2) is 19.0 Å². The molecular weight excluding hydrogens is 172 g/mol. The molecule has 0 bridgehead atoms. The zero-order valence-corrected chi connectivity index (χ0v) is 8.02. The lowest BCUT2D eigenvalue weighted by Crippen LogP contribution is -2.38. The second kappa shape index (κ2) is 4.18. The number of likely N-dealkylation sites (N-methyl/N-ethyl adjacent to an activating group) is 1. The van der Waals surface area contributed by atoms with Crippen molar-refractivity contribution in [3.8, 4) is 0 Å². The van der Waals surface area contributed by atoms with Crippen LogP contribution in [0.1, 0.15) is 25.7 Å². The third-order valence-electron chi connectivity index (χ3n) is 2.77. The monoisotopic (exact) mass is 189 g/mol. The van der Waals surface area contributed by atoms with Gasteiger partial charge < -0.3 is 5.32 Å². The smallest absolute Gasteiger partial charge is 0.248 e. The van der Waals surface area contributed by atoms with Crippen LogP contribution in [-0.2, 0) is 0 Å². The lowest BCUT2D eigenvalue weighted by Gasteiger charge is -2.32. The highest BCUT2D eigenvalue weighted by Crippen LogP contribution is 2.38. The first-order valence-electron chi connectivity index (χ1n) is 4.77. The van der Waals surface area contributed by atoms with Crippen LogP contribution < -0.4 is 5.32 Å². The second-order valence-electron chi connectivity index (χ2n) is 3.76. The summed E-state index contributed by atoms with van der Waals surface area (Å²) in [7, 11) is 1.79. The maximum Gasteiger partial charge on any atom is 0.248 e. The molecule has 0 aromatic rings. The Morgan fingerprint density at radius 2 is 2.31 bits per heavy atom. The van der Waals surface area contributed by atoms with E-state index in [1.807, 2.05) is 0 Å². The standard InChI is InChI=1S/C10H17F2N/c1-3-9(13-2)8-5-4-6-10(11,12)7-8/h3,8-9,13H,1,4-7H2,2H3. The highest BCUT2D eigenvalue weighted by atomic mass is 19.3. The number of rotatable bonds is 3. The lowest BCUT2D eigenvalue weighted by atomic mass is 9.82. The molecule has 0 radical (unpaired) electrons. The summed E-state index contributed by atoms with van der Waals surface area (Å²) < 4.78 is 26.1. The van der Waals surface area contributed by atoms with Gasteiger partial charge in [0.25, 0.3) is 0 Å². The maximum atomic E-state index is 13.0. The number of halogens is 2. The summed E-state index contributed by atoms with van der Waals surface area (Å²) >= 11 is 0. The minimum atomic E-state index is -2.46. The van der Waals surface area contributed by atoms with Crippen LogP contribution >= 0.6 is 0 Å². The molecule has 2 unspecified atom stereocenters.